The van der Waals surface area contributed by atoms with Crippen LogP contribution >= 0.6 is 45.2 Å². The van der Waals surface area contributed by atoms with Crippen molar-refractivity contribution in [1.29, 1.82) is 5.26 Å². The van der Waals surface area contributed by atoms with Crippen molar-refractivity contribution in [3.8, 4) is 11.8 Å². The molecule has 0 amide bonds. The van der Waals surface area contributed by atoms with Gasteiger partial charge < -0.3 is 5.11 Å². The summed E-state index contributed by atoms with van der Waals surface area (Å²) in [6.45, 7) is 0. The molecule has 1 aromatic rings. The van der Waals surface area contributed by atoms with Crippen molar-refractivity contribution in [2.75, 3.05) is 0 Å². The van der Waals surface area contributed by atoms with Gasteiger partial charge in [-0.25, -0.2) is 0 Å². The number of aromatic hydroxyl groups is 1. The van der Waals surface area contributed by atoms with Crippen LogP contribution in [0.5, 0.6) is 5.75 Å². The highest BCUT2D eigenvalue weighted by Crippen LogP contribution is 2.23. The van der Waals surface area contributed by atoms with Crippen LogP contribution < -0.4 is 0 Å². The van der Waals surface area contributed by atoms with Gasteiger partial charge in [-0.2, -0.15) is 5.26 Å². The average molecular weight is 371 g/mol. The van der Waals surface area contributed by atoms with Gasteiger partial charge in [0.15, 0.2) is 0 Å². The largest absolute Gasteiger partial charge is 0.508 e. The van der Waals surface area contributed by atoms with Gasteiger partial charge in [-0.1, -0.05) is 0 Å². The summed E-state index contributed by atoms with van der Waals surface area (Å²) < 4.78 is 1.79. The molecule has 2 nitrogen and oxygen atoms in total. The summed E-state index contributed by atoms with van der Waals surface area (Å²) in [4.78, 5) is 0. The second-order valence-corrected chi connectivity index (χ2v) is 4.14. The van der Waals surface area contributed by atoms with E-state index in [1.165, 1.54) is 6.07 Å². The van der Waals surface area contributed by atoms with Crippen LogP contribution in [0.4, 0.5) is 0 Å². The Morgan fingerprint density at radius 1 is 1.36 bits per heavy atom. The van der Waals surface area contributed by atoms with E-state index in [0.29, 0.717) is 5.56 Å². The molecule has 0 aliphatic carbocycles. The third kappa shape index (κ3) is 1.96. The highest BCUT2D eigenvalue weighted by molar-refractivity contribution is 14.1. The second kappa shape index (κ2) is 3.58. The molecule has 0 aliphatic rings. The predicted octanol–water partition coefficient (Wildman–Crippen LogP) is 2.47. The van der Waals surface area contributed by atoms with Crippen LogP contribution in [0.15, 0.2) is 12.1 Å². The highest BCUT2D eigenvalue weighted by atomic mass is 127. The van der Waals surface area contributed by atoms with E-state index in [-0.39, 0.29) is 5.75 Å². The van der Waals surface area contributed by atoms with Crippen molar-refractivity contribution < 1.29 is 5.11 Å². The normalized spacial score (nSPS) is 9.18. The van der Waals surface area contributed by atoms with Gasteiger partial charge in [0.1, 0.15) is 11.8 Å². The first-order chi connectivity index (χ1) is 5.15. The van der Waals surface area contributed by atoms with Gasteiger partial charge in [0.2, 0.25) is 0 Å². The Labute approximate surface area is 91.5 Å². The first-order valence-corrected chi connectivity index (χ1v) is 4.89. The molecule has 0 atom stereocenters. The van der Waals surface area contributed by atoms with E-state index in [2.05, 4.69) is 45.2 Å². The predicted molar refractivity (Wildman–Crippen MR) is 58.3 cm³/mol. The molecule has 0 aromatic heterocycles. The number of nitrogens with zero attached hydrogens (tertiary/aromatic N) is 1. The van der Waals surface area contributed by atoms with Gasteiger partial charge in [0.05, 0.1) is 5.56 Å². The zero-order valence-electron chi connectivity index (χ0n) is 5.31. The van der Waals surface area contributed by atoms with Crippen LogP contribution in [-0.2, 0) is 0 Å². The fraction of sp³-hybridized carbons (Fsp3) is 0. The van der Waals surface area contributed by atoms with E-state index < -0.39 is 0 Å². The van der Waals surface area contributed by atoms with Crippen molar-refractivity contribution in [2.24, 2.45) is 0 Å². The van der Waals surface area contributed by atoms with Crippen LogP contribution in [0.2, 0.25) is 0 Å². The molecular formula is C7H3I2NO. The fourth-order valence-electron chi connectivity index (χ4n) is 0.656. The molecule has 1 N–H and O–H groups in total. The number of hydrogen-bond acceptors (Lipinski definition) is 2. The Morgan fingerprint density at radius 2 is 2.00 bits per heavy atom. The topological polar surface area (TPSA) is 44.0 Å². The summed E-state index contributed by atoms with van der Waals surface area (Å²) in [5.41, 5.74) is 0.523. The van der Waals surface area contributed by atoms with Crippen LogP contribution in [0.25, 0.3) is 0 Å². The molecule has 56 valence electrons. The molecule has 0 heterocycles. The van der Waals surface area contributed by atoms with E-state index >= 15 is 0 Å². The number of phenols is 1. The molecule has 0 saturated heterocycles. The fourth-order valence-corrected chi connectivity index (χ4v) is 1.70. The van der Waals surface area contributed by atoms with Crippen molar-refractivity contribution in [3.63, 3.8) is 0 Å². The lowest BCUT2D eigenvalue weighted by molar-refractivity contribution is 0.474. The molecular weight excluding hydrogens is 368 g/mol. The summed E-state index contributed by atoms with van der Waals surface area (Å²) in [5.74, 6) is 0.145. The van der Waals surface area contributed by atoms with Crippen molar-refractivity contribution in [2.45, 2.75) is 0 Å². The lowest BCUT2D eigenvalue weighted by Crippen LogP contribution is -1.85. The van der Waals surface area contributed by atoms with E-state index in [0.717, 1.165) is 7.14 Å². The van der Waals surface area contributed by atoms with Gasteiger partial charge in [0, 0.05) is 7.14 Å². The number of hydrogen-bond donors (Lipinski definition) is 1. The lowest BCUT2D eigenvalue weighted by Gasteiger charge is -1.98. The molecule has 1 rings (SSSR count). The molecule has 0 radical (unpaired) electrons. The molecule has 0 saturated carbocycles. The summed E-state index contributed by atoms with van der Waals surface area (Å²) in [6, 6.07) is 5.09. The Kier molecular flexibility index (Phi) is 2.95. The summed E-state index contributed by atoms with van der Waals surface area (Å²) in [7, 11) is 0. The Bertz CT molecular complexity index is 330. The quantitative estimate of drug-likeness (QED) is 0.713. The van der Waals surface area contributed by atoms with Gasteiger partial charge >= 0.3 is 0 Å². The molecule has 0 spiro atoms. The summed E-state index contributed by atoms with van der Waals surface area (Å²) in [6.07, 6.45) is 0. The van der Waals surface area contributed by atoms with E-state index in [1.807, 2.05) is 6.07 Å². The number of nitriles is 1. The van der Waals surface area contributed by atoms with Gasteiger partial charge in [-0.15, -0.1) is 0 Å². The minimum Gasteiger partial charge on any atom is -0.508 e. The van der Waals surface area contributed by atoms with Crippen LogP contribution in [0.3, 0.4) is 0 Å². The number of phenolic OH excluding ortho intramolecular Hbond substituents is 1. The number of rotatable bonds is 0. The molecule has 0 bridgehead atoms. The van der Waals surface area contributed by atoms with E-state index in [4.69, 9.17) is 10.4 Å². The maximum Gasteiger partial charge on any atom is 0.118 e. The number of halogens is 2. The Hall–Kier alpha value is -0.0300. The lowest BCUT2D eigenvalue weighted by atomic mass is 10.2. The number of benzene rings is 1. The molecule has 1 aromatic carbocycles. The van der Waals surface area contributed by atoms with Gasteiger partial charge in [-0.05, 0) is 57.3 Å². The average Bonchev–Trinajstić information content (AvgIpc) is 1.96. The first kappa shape index (κ1) is 9.06. The first-order valence-electron chi connectivity index (χ1n) is 2.73. The molecule has 0 unspecified atom stereocenters. The van der Waals surface area contributed by atoms with Crippen molar-refractivity contribution >= 4 is 45.2 Å². The smallest absolute Gasteiger partial charge is 0.118 e. The zero-order chi connectivity index (χ0) is 8.43. The third-order valence-electron chi connectivity index (χ3n) is 1.13. The van der Waals surface area contributed by atoms with Crippen LogP contribution in [0.1, 0.15) is 5.56 Å². The van der Waals surface area contributed by atoms with Crippen LogP contribution in [-0.4, -0.2) is 5.11 Å². The molecule has 0 fully saturated rings. The standard InChI is InChI=1S/C7H3I2NO/c8-6-2-5(11)1-4(3-10)7(6)9/h1-2,11H. The highest BCUT2D eigenvalue weighted by Gasteiger charge is 2.04. The maximum atomic E-state index is 9.09. The molecule has 11 heavy (non-hydrogen) atoms. The van der Waals surface area contributed by atoms with E-state index in [9.17, 15) is 0 Å². The monoisotopic (exact) mass is 371 g/mol. The molecule has 4 heteroatoms. The maximum absolute atomic E-state index is 9.09. The minimum absolute atomic E-state index is 0.145. The summed E-state index contributed by atoms with van der Waals surface area (Å²) >= 11 is 4.16. The van der Waals surface area contributed by atoms with Gasteiger partial charge in [0.25, 0.3) is 0 Å². The van der Waals surface area contributed by atoms with E-state index in [1.54, 1.807) is 6.07 Å². The third-order valence-corrected chi connectivity index (χ3v) is 4.18. The minimum atomic E-state index is 0.145. The Morgan fingerprint density at radius 3 is 2.55 bits per heavy atom. The van der Waals surface area contributed by atoms with Crippen molar-refractivity contribution in [3.05, 3.63) is 24.8 Å². The van der Waals surface area contributed by atoms with Gasteiger partial charge in [-0.3, -0.25) is 0 Å². The second-order valence-electron chi connectivity index (χ2n) is 1.90. The summed E-state index contributed by atoms with van der Waals surface area (Å²) in [5, 5.41) is 17.7. The Balaban J connectivity index is 3.39. The van der Waals surface area contributed by atoms with Crippen LogP contribution in [0, 0.1) is 18.5 Å². The zero-order valence-corrected chi connectivity index (χ0v) is 9.62. The van der Waals surface area contributed by atoms with Crippen molar-refractivity contribution in [1.82, 2.24) is 0 Å². The SMILES string of the molecule is N#Cc1cc(O)cc(I)c1I. The molecule has 0 aliphatic heterocycles.